The summed E-state index contributed by atoms with van der Waals surface area (Å²) in [4.78, 5) is 41.1. The summed E-state index contributed by atoms with van der Waals surface area (Å²) in [6, 6.07) is 7.10. The van der Waals surface area contributed by atoms with Gasteiger partial charge in [-0.1, -0.05) is 31.8 Å². The van der Waals surface area contributed by atoms with Gasteiger partial charge in [0, 0.05) is 65.7 Å². The molecule has 0 saturated carbocycles. The van der Waals surface area contributed by atoms with E-state index in [-0.39, 0.29) is 74.2 Å². The van der Waals surface area contributed by atoms with E-state index in [9.17, 15) is 35.9 Å². The predicted molar refractivity (Wildman–Crippen MR) is 203 cm³/mol. The molecule has 0 aliphatic carbocycles. The van der Waals surface area contributed by atoms with Crippen LogP contribution in [0.5, 0.6) is 0 Å². The number of anilines is 2. The molecular weight excluding hydrogens is 761 g/mol. The van der Waals surface area contributed by atoms with Gasteiger partial charge in [0.25, 0.3) is 5.91 Å². The number of piperazine rings is 1. The third-order valence-electron chi connectivity index (χ3n) is 9.57. The van der Waals surface area contributed by atoms with Crippen molar-refractivity contribution in [2.45, 2.75) is 96.4 Å². The average molecular weight is 812 g/mol. The highest BCUT2D eigenvalue weighted by Crippen LogP contribution is 2.37. The number of hydrogen-bond acceptors (Lipinski definition) is 8. The van der Waals surface area contributed by atoms with Crippen molar-refractivity contribution in [2.24, 2.45) is 0 Å². The molecule has 308 valence electrons. The number of rotatable bonds is 11. The van der Waals surface area contributed by atoms with Gasteiger partial charge in [0.05, 0.1) is 22.9 Å². The van der Waals surface area contributed by atoms with Crippen molar-refractivity contribution >= 4 is 31.8 Å². The summed E-state index contributed by atoms with van der Waals surface area (Å²) < 4.78 is 96.0. The average Bonchev–Trinajstić information content (AvgIpc) is 3.50. The van der Waals surface area contributed by atoms with Crippen LogP contribution in [0.25, 0.3) is 11.3 Å². The number of halogens is 6. The molecule has 1 aromatic carbocycles. The number of ether oxygens (including phenoxy) is 2. The van der Waals surface area contributed by atoms with Gasteiger partial charge in [0.2, 0.25) is 5.95 Å². The molecule has 1 N–H and O–H groups in total. The van der Waals surface area contributed by atoms with E-state index in [1.54, 1.807) is 35.1 Å². The van der Waals surface area contributed by atoms with Gasteiger partial charge in [-0.3, -0.25) is 9.36 Å². The number of nitrogens with zero attached hydrogens (tertiary/aromatic N) is 6. The molecule has 18 heteroatoms. The van der Waals surface area contributed by atoms with Crippen LogP contribution in [0, 0.1) is 0 Å². The fourth-order valence-electron chi connectivity index (χ4n) is 6.66. The van der Waals surface area contributed by atoms with Crippen LogP contribution in [-0.2, 0) is 28.6 Å². The van der Waals surface area contributed by atoms with Crippen LogP contribution in [0.1, 0.15) is 61.6 Å². The van der Waals surface area contributed by atoms with Gasteiger partial charge in [-0.15, -0.1) is 0 Å². The van der Waals surface area contributed by atoms with E-state index in [2.05, 4.69) is 29.9 Å². The topological polar surface area (TPSA) is 105 Å². The molecule has 2 aromatic heterocycles. The Kier molecular flexibility index (Phi) is 13.0. The molecule has 56 heavy (non-hydrogen) atoms. The molecule has 2 saturated heterocycles. The van der Waals surface area contributed by atoms with Gasteiger partial charge >= 0.3 is 18.4 Å². The minimum absolute atomic E-state index is 0.0697. The largest absolute Gasteiger partial charge is 0.444 e. The fourth-order valence-corrected chi connectivity index (χ4v) is 7.42. The van der Waals surface area contributed by atoms with E-state index in [0.717, 1.165) is 37.1 Å². The first-order valence-corrected chi connectivity index (χ1v) is 22.5. The summed E-state index contributed by atoms with van der Waals surface area (Å²) in [5.41, 5.74) is -2.00. The second kappa shape index (κ2) is 17.0. The van der Waals surface area contributed by atoms with Crippen LogP contribution in [0.3, 0.4) is 0 Å². The predicted octanol–water partition coefficient (Wildman–Crippen LogP) is 8.14. The molecule has 4 heterocycles. The number of carbonyl (C=O) groups is 2. The molecule has 11 nitrogen and oxygen atoms in total. The van der Waals surface area contributed by atoms with E-state index in [0.29, 0.717) is 19.6 Å². The molecule has 1 unspecified atom stereocenters. The van der Waals surface area contributed by atoms with E-state index >= 15 is 0 Å². The number of piperidine rings is 1. The fraction of sp³-hybridized carbons (Fsp3) is 0.579. The number of alkyl halides is 6. The molecule has 2 aliphatic heterocycles. The molecule has 3 aromatic rings. The van der Waals surface area contributed by atoms with E-state index < -0.39 is 49.2 Å². The molecule has 5 rings (SSSR count). The number of hydrogen-bond donors (Lipinski definition) is 1. The molecule has 1 atom stereocenters. The lowest BCUT2D eigenvalue weighted by Gasteiger charge is -2.37. The molecule has 0 bridgehead atoms. The summed E-state index contributed by atoms with van der Waals surface area (Å²) in [5, 5.41) is 2.92. The Morgan fingerprint density at radius 1 is 0.893 bits per heavy atom. The molecule has 2 amide bonds. The maximum atomic E-state index is 14.2. The lowest BCUT2D eigenvalue weighted by Crippen LogP contribution is -2.50. The molecule has 0 spiro atoms. The molecule has 0 radical (unpaired) electrons. The smallest absolute Gasteiger partial charge is 0.419 e. The van der Waals surface area contributed by atoms with Gasteiger partial charge in [-0.05, 0) is 70.3 Å². The second-order valence-corrected chi connectivity index (χ2v) is 22.0. The third kappa shape index (κ3) is 11.0. The minimum atomic E-state index is -4.61. The monoisotopic (exact) mass is 811 g/mol. The van der Waals surface area contributed by atoms with Crippen molar-refractivity contribution in [1.29, 1.82) is 0 Å². The van der Waals surface area contributed by atoms with Gasteiger partial charge < -0.3 is 29.5 Å². The van der Waals surface area contributed by atoms with Gasteiger partial charge in [0.1, 0.15) is 18.1 Å². The summed E-state index contributed by atoms with van der Waals surface area (Å²) >= 11 is 0. The summed E-state index contributed by atoms with van der Waals surface area (Å²) in [6.07, 6.45) is -6.16. The summed E-state index contributed by atoms with van der Waals surface area (Å²) in [6.45, 7) is 13.4. The van der Waals surface area contributed by atoms with Gasteiger partial charge in [-0.25, -0.2) is 14.8 Å². The van der Waals surface area contributed by atoms with Crippen molar-refractivity contribution in [1.82, 2.24) is 24.8 Å². The van der Waals surface area contributed by atoms with Crippen molar-refractivity contribution < 1.29 is 45.4 Å². The Balaban J connectivity index is 1.50. The van der Waals surface area contributed by atoms with Crippen molar-refractivity contribution in [3.05, 3.63) is 59.4 Å². The maximum absolute atomic E-state index is 14.2. The van der Waals surface area contributed by atoms with Gasteiger partial charge in [-0.2, -0.15) is 26.3 Å². The summed E-state index contributed by atoms with van der Waals surface area (Å²) in [7, 11) is -1.53. The Morgan fingerprint density at radius 3 is 2.16 bits per heavy atom. The lowest BCUT2D eigenvalue weighted by atomic mass is 10.0. The summed E-state index contributed by atoms with van der Waals surface area (Å²) in [5.74, 6) is -0.521. The third-order valence-corrected chi connectivity index (χ3v) is 11.3. The zero-order valence-electron chi connectivity index (χ0n) is 32.7. The zero-order chi connectivity index (χ0) is 41.1. The number of nitrogens with one attached hydrogen (secondary N) is 1. The van der Waals surface area contributed by atoms with Crippen LogP contribution < -0.4 is 15.1 Å². The van der Waals surface area contributed by atoms with Crippen molar-refractivity contribution in [3.63, 3.8) is 0 Å². The van der Waals surface area contributed by atoms with Crippen LogP contribution >= 0.6 is 0 Å². The Morgan fingerprint density at radius 2 is 1.55 bits per heavy atom. The first-order valence-electron chi connectivity index (χ1n) is 18.8. The molecule has 2 aliphatic rings. The first kappa shape index (κ1) is 42.8. The second-order valence-electron chi connectivity index (χ2n) is 16.3. The normalized spacial score (nSPS) is 17.3. The van der Waals surface area contributed by atoms with Crippen molar-refractivity contribution in [2.75, 3.05) is 55.7 Å². The highest BCUT2D eigenvalue weighted by Gasteiger charge is 2.38. The zero-order valence-corrected chi connectivity index (χ0v) is 33.7. The number of imidazole rings is 1. The number of amides is 2. The number of pyridine rings is 1. The Bertz CT molecular complexity index is 1810. The number of benzene rings is 1. The SMILES string of the molecule is CC(C)(C)OC(=O)N1CCCCC1CNC(=O)c1nc(N2CCN(c3ncccc3C(F)(F)F)CC2)n(COCC[Si](C)(C)C)c1-c1ccc(C(F)(F)F)cc1. The number of aromatic nitrogens is 3. The quantitative estimate of drug-likeness (QED) is 0.118. The Hall–Kier alpha value is -4.32. The van der Waals surface area contributed by atoms with Crippen LogP contribution in [-0.4, -0.2) is 97.0 Å². The number of carbonyl (C=O) groups excluding carboxylic acids is 2. The van der Waals surface area contributed by atoms with Crippen LogP contribution in [0.15, 0.2) is 42.6 Å². The van der Waals surface area contributed by atoms with E-state index in [1.165, 1.54) is 24.4 Å². The standard InChI is InChI=1S/C38H51F6N7O4Si/c1-36(2,3)55-35(53)50-17-8-7-10-28(50)24-46-33(52)30-31(26-12-14-27(15-13-26)37(39,40)41)51(25-54-22-23-56(4,5)6)34(47-30)49-20-18-48(19-21-49)32-29(38(42,43)44)11-9-16-45-32/h9,11-16,28H,7-8,10,17-25H2,1-6H3,(H,46,52). The van der Waals surface area contributed by atoms with Crippen LogP contribution in [0.4, 0.5) is 42.9 Å². The van der Waals surface area contributed by atoms with Crippen LogP contribution in [0.2, 0.25) is 25.7 Å². The lowest BCUT2D eigenvalue weighted by molar-refractivity contribution is -0.138. The maximum Gasteiger partial charge on any atom is 0.419 e. The van der Waals surface area contributed by atoms with Gasteiger partial charge in [0.15, 0.2) is 5.69 Å². The Labute approximate surface area is 324 Å². The first-order chi connectivity index (χ1) is 26.1. The van der Waals surface area contributed by atoms with E-state index in [1.807, 2.05) is 4.90 Å². The molecule has 2 fully saturated rings. The number of likely N-dealkylation sites (tertiary alicyclic amines) is 1. The van der Waals surface area contributed by atoms with Crippen molar-refractivity contribution in [3.8, 4) is 11.3 Å². The van der Waals surface area contributed by atoms with E-state index in [4.69, 9.17) is 14.5 Å². The highest BCUT2D eigenvalue weighted by molar-refractivity contribution is 6.76. The minimum Gasteiger partial charge on any atom is -0.444 e. The molecular formula is C38H51F6N7O4Si. The highest BCUT2D eigenvalue weighted by atomic mass is 28.3.